The van der Waals surface area contributed by atoms with Gasteiger partial charge in [0, 0.05) is 28.1 Å². The first-order valence-electron chi connectivity index (χ1n) is 11.3. The smallest absolute Gasteiger partial charge is 0.212 e. The van der Waals surface area contributed by atoms with Crippen molar-refractivity contribution in [1.82, 2.24) is 14.6 Å². The van der Waals surface area contributed by atoms with Crippen LogP contribution in [0.4, 0.5) is 0 Å². The highest BCUT2D eigenvalue weighted by molar-refractivity contribution is 7.16. The summed E-state index contributed by atoms with van der Waals surface area (Å²) in [7, 11) is 1.62. The number of methoxy groups -OCH3 is 1. The summed E-state index contributed by atoms with van der Waals surface area (Å²) in [5.41, 5.74) is 4.75. The first kappa shape index (κ1) is 22.1. The molecule has 6 aromatic rings. The Morgan fingerprint density at radius 2 is 1.94 bits per heavy atom. The second-order valence-corrected chi connectivity index (χ2v) is 9.47. The van der Waals surface area contributed by atoms with Gasteiger partial charge in [-0.3, -0.25) is 4.79 Å². The van der Waals surface area contributed by atoms with Gasteiger partial charge in [0.25, 0.3) is 0 Å². The maximum absolute atomic E-state index is 11.4. The number of aldehydes is 1. The predicted octanol–water partition coefficient (Wildman–Crippen LogP) is 6.58. The molecular weight excluding hydrogens is 474 g/mol. The molecular formula is C28H21N3O4S. The topological polar surface area (TPSA) is 78.9 Å². The molecule has 0 aliphatic heterocycles. The Morgan fingerprint density at radius 3 is 2.72 bits per heavy atom. The zero-order valence-electron chi connectivity index (χ0n) is 19.6. The van der Waals surface area contributed by atoms with Gasteiger partial charge in [0.2, 0.25) is 4.96 Å². The summed E-state index contributed by atoms with van der Waals surface area (Å²) in [6.07, 6.45) is 2.68. The number of carbonyl (C=O) groups is 1. The highest BCUT2D eigenvalue weighted by atomic mass is 32.1. The molecule has 3 aromatic heterocycles. The molecule has 8 heteroatoms. The van der Waals surface area contributed by atoms with E-state index in [0.717, 1.165) is 38.3 Å². The fourth-order valence-electron chi connectivity index (χ4n) is 4.21. The molecule has 36 heavy (non-hydrogen) atoms. The molecule has 0 saturated heterocycles. The van der Waals surface area contributed by atoms with Gasteiger partial charge < -0.3 is 13.9 Å². The SMILES string of the molecule is COc1cc(COc2cc(C=O)ccc2-c2ccccc2)c2cc(-c3cn4nc(C)sc4n3)oc2c1. The lowest BCUT2D eigenvalue weighted by Gasteiger charge is -2.13. The van der Waals surface area contributed by atoms with Gasteiger partial charge >= 0.3 is 0 Å². The quantitative estimate of drug-likeness (QED) is 0.233. The van der Waals surface area contributed by atoms with E-state index in [1.807, 2.05) is 67.7 Å². The van der Waals surface area contributed by atoms with Crippen molar-refractivity contribution in [2.24, 2.45) is 0 Å². The Morgan fingerprint density at radius 1 is 1.08 bits per heavy atom. The number of ether oxygens (including phenoxy) is 2. The molecule has 0 N–H and O–H groups in total. The van der Waals surface area contributed by atoms with E-state index in [1.54, 1.807) is 23.8 Å². The number of aryl methyl sites for hydroxylation is 1. The molecule has 0 bridgehead atoms. The lowest BCUT2D eigenvalue weighted by atomic mass is 10.0. The number of fused-ring (bicyclic) bond motifs is 2. The van der Waals surface area contributed by atoms with Crippen molar-refractivity contribution in [3.8, 4) is 34.1 Å². The van der Waals surface area contributed by atoms with Crippen molar-refractivity contribution in [2.45, 2.75) is 13.5 Å². The largest absolute Gasteiger partial charge is 0.497 e. The van der Waals surface area contributed by atoms with E-state index in [9.17, 15) is 4.79 Å². The van der Waals surface area contributed by atoms with Crippen molar-refractivity contribution >= 4 is 33.6 Å². The van der Waals surface area contributed by atoms with Crippen molar-refractivity contribution in [3.05, 3.63) is 89.1 Å². The Kier molecular flexibility index (Phi) is 5.50. The Bertz CT molecular complexity index is 1680. The van der Waals surface area contributed by atoms with E-state index in [0.29, 0.717) is 34.1 Å². The third-order valence-electron chi connectivity index (χ3n) is 5.94. The molecule has 178 valence electrons. The summed E-state index contributed by atoms with van der Waals surface area (Å²) in [5, 5.41) is 6.29. The number of nitrogens with zero attached hydrogens (tertiary/aromatic N) is 3. The van der Waals surface area contributed by atoms with Crippen LogP contribution in [0.2, 0.25) is 0 Å². The first-order chi connectivity index (χ1) is 17.6. The van der Waals surface area contributed by atoms with E-state index in [1.165, 1.54) is 11.3 Å². The average Bonchev–Trinajstić information content (AvgIpc) is 3.60. The number of imidazole rings is 1. The summed E-state index contributed by atoms with van der Waals surface area (Å²) < 4.78 is 19.8. The van der Waals surface area contributed by atoms with Crippen LogP contribution in [0.1, 0.15) is 20.9 Å². The van der Waals surface area contributed by atoms with Crippen LogP contribution in [0.5, 0.6) is 11.5 Å². The van der Waals surface area contributed by atoms with Crippen LogP contribution in [-0.4, -0.2) is 28.0 Å². The molecule has 0 saturated carbocycles. The van der Waals surface area contributed by atoms with Crippen LogP contribution < -0.4 is 9.47 Å². The Balaban J connectivity index is 1.38. The third-order valence-corrected chi connectivity index (χ3v) is 6.78. The molecule has 0 spiro atoms. The second-order valence-electron chi connectivity index (χ2n) is 8.31. The summed E-state index contributed by atoms with van der Waals surface area (Å²) in [6, 6.07) is 21.2. The zero-order chi connectivity index (χ0) is 24.6. The molecule has 7 nitrogen and oxygen atoms in total. The second kappa shape index (κ2) is 8.98. The molecule has 0 fully saturated rings. The minimum Gasteiger partial charge on any atom is -0.497 e. The molecule has 0 aliphatic rings. The molecule has 3 aromatic carbocycles. The number of hydrogen-bond acceptors (Lipinski definition) is 7. The lowest BCUT2D eigenvalue weighted by molar-refractivity contribution is 0.112. The van der Waals surface area contributed by atoms with Gasteiger partial charge in [0.15, 0.2) is 5.76 Å². The third kappa shape index (κ3) is 4.01. The van der Waals surface area contributed by atoms with Crippen LogP contribution >= 0.6 is 11.3 Å². The van der Waals surface area contributed by atoms with Crippen LogP contribution in [0, 0.1) is 6.92 Å². The summed E-state index contributed by atoms with van der Waals surface area (Å²) in [4.78, 5) is 16.9. The molecule has 0 radical (unpaired) electrons. The summed E-state index contributed by atoms with van der Waals surface area (Å²) in [6.45, 7) is 2.21. The van der Waals surface area contributed by atoms with Crippen LogP contribution in [-0.2, 0) is 6.61 Å². The first-order valence-corrected chi connectivity index (χ1v) is 12.1. The van der Waals surface area contributed by atoms with Crippen molar-refractivity contribution in [3.63, 3.8) is 0 Å². The number of rotatable bonds is 7. The van der Waals surface area contributed by atoms with Gasteiger partial charge in [-0.2, -0.15) is 5.10 Å². The van der Waals surface area contributed by atoms with Crippen molar-refractivity contribution in [2.75, 3.05) is 7.11 Å². The monoisotopic (exact) mass is 495 g/mol. The maximum atomic E-state index is 11.4. The van der Waals surface area contributed by atoms with Crippen LogP contribution in [0.3, 0.4) is 0 Å². The minimum absolute atomic E-state index is 0.258. The van der Waals surface area contributed by atoms with E-state index >= 15 is 0 Å². The maximum Gasteiger partial charge on any atom is 0.212 e. The predicted molar refractivity (Wildman–Crippen MR) is 139 cm³/mol. The van der Waals surface area contributed by atoms with E-state index < -0.39 is 0 Å². The summed E-state index contributed by atoms with van der Waals surface area (Å²) in [5.74, 6) is 1.93. The van der Waals surface area contributed by atoms with Gasteiger partial charge in [0.1, 0.15) is 40.7 Å². The molecule has 6 rings (SSSR count). The Labute approximate surface area is 210 Å². The van der Waals surface area contributed by atoms with Crippen LogP contribution in [0.25, 0.3) is 38.5 Å². The number of hydrogen-bond donors (Lipinski definition) is 0. The van der Waals surface area contributed by atoms with E-state index in [4.69, 9.17) is 13.9 Å². The van der Waals surface area contributed by atoms with Gasteiger partial charge in [-0.1, -0.05) is 47.7 Å². The van der Waals surface area contributed by atoms with Crippen LogP contribution in [0.15, 0.2) is 77.3 Å². The standard InChI is InChI=1S/C28H21N3O4S/c1-17-30-31-14-24(29-28(31)36-17)27-13-23-20(11-21(33-2)12-26(23)35-27)16-34-25-10-18(15-32)8-9-22(25)19-6-4-3-5-7-19/h3-15H,16H2,1-2H3. The van der Waals surface area contributed by atoms with Crippen molar-refractivity contribution in [1.29, 1.82) is 0 Å². The minimum atomic E-state index is 0.258. The van der Waals surface area contributed by atoms with Gasteiger partial charge in [0.05, 0.1) is 13.3 Å². The average molecular weight is 496 g/mol. The van der Waals surface area contributed by atoms with E-state index in [2.05, 4.69) is 10.1 Å². The number of carbonyl (C=O) groups excluding carboxylic acids is 1. The van der Waals surface area contributed by atoms with Crippen molar-refractivity contribution < 1.29 is 18.7 Å². The summed E-state index contributed by atoms with van der Waals surface area (Å²) >= 11 is 1.53. The van der Waals surface area contributed by atoms with Gasteiger partial charge in [-0.05, 0) is 36.8 Å². The fourth-order valence-corrected chi connectivity index (χ4v) is 4.93. The molecule has 3 heterocycles. The molecule has 0 aliphatic carbocycles. The van der Waals surface area contributed by atoms with E-state index in [-0.39, 0.29) is 6.61 Å². The Hall–Kier alpha value is -4.43. The fraction of sp³-hybridized carbons (Fsp3) is 0.107. The van der Waals surface area contributed by atoms with Gasteiger partial charge in [-0.25, -0.2) is 9.50 Å². The molecule has 0 atom stereocenters. The van der Waals surface area contributed by atoms with Gasteiger partial charge in [-0.15, -0.1) is 0 Å². The highest BCUT2D eigenvalue weighted by Crippen LogP contribution is 2.35. The molecule has 0 unspecified atom stereocenters. The zero-order valence-corrected chi connectivity index (χ0v) is 20.4. The number of aromatic nitrogens is 3. The lowest BCUT2D eigenvalue weighted by Crippen LogP contribution is -1.99. The number of benzene rings is 3. The normalized spacial score (nSPS) is 11.3. The highest BCUT2D eigenvalue weighted by Gasteiger charge is 2.17. The molecule has 0 amide bonds. The number of furan rings is 1.